The van der Waals surface area contributed by atoms with E-state index in [-0.39, 0.29) is 5.91 Å². The minimum absolute atomic E-state index is 0.112. The summed E-state index contributed by atoms with van der Waals surface area (Å²) in [4.78, 5) is 23.1. The highest BCUT2D eigenvalue weighted by atomic mass is 16.2. The molecule has 3 aromatic rings. The van der Waals surface area contributed by atoms with Crippen molar-refractivity contribution >= 4 is 23.1 Å². The molecule has 25 heavy (non-hydrogen) atoms. The van der Waals surface area contributed by atoms with Gasteiger partial charge in [0.25, 0.3) is 5.91 Å². The van der Waals surface area contributed by atoms with Gasteiger partial charge in [-0.3, -0.25) is 4.79 Å². The minimum Gasteiger partial charge on any atom is -0.339 e. The molecule has 1 N–H and O–H groups in total. The van der Waals surface area contributed by atoms with Gasteiger partial charge in [-0.2, -0.15) is 0 Å². The maximum absolute atomic E-state index is 12.7. The van der Waals surface area contributed by atoms with Crippen LogP contribution in [0.25, 0.3) is 0 Å². The van der Waals surface area contributed by atoms with Crippen molar-refractivity contribution in [1.29, 1.82) is 0 Å². The van der Waals surface area contributed by atoms with Gasteiger partial charge in [0.1, 0.15) is 11.5 Å². The molecule has 5 heteroatoms. The lowest BCUT2D eigenvalue weighted by Crippen LogP contribution is -2.29. The van der Waals surface area contributed by atoms with E-state index >= 15 is 0 Å². The molecular weight excluding hydrogens is 312 g/mol. The topological polar surface area (TPSA) is 58.1 Å². The number of carbonyl (C=O) groups is 1. The predicted octanol–water partition coefficient (Wildman–Crippen LogP) is 3.73. The molecule has 1 aromatic heterocycles. The van der Waals surface area contributed by atoms with Crippen LogP contribution in [0.3, 0.4) is 0 Å². The number of hydrogen-bond donors (Lipinski definition) is 1. The molecule has 5 nitrogen and oxygen atoms in total. The van der Waals surface area contributed by atoms with Crippen molar-refractivity contribution in [3.8, 4) is 0 Å². The van der Waals surface area contributed by atoms with Gasteiger partial charge in [0.15, 0.2) is 0 Å². The van der Waals surface area contributed by atoms with E-state index in [4.69, 9.17) is 0 Å². The van der Waals surface area contributed by atoms with Crippen LogP contribution in [0.1, 0.15) is 21.6 Å². The summed E-state index contributed by atoms with van der Waals surface area (Å²) >= 11 is 0. The number of hydrogen-bond acceptors (Lipinski definition) is 4. The van der Waals surface area contributed by atoms with Crippen LogP contribution in [0.2, 0.25) is 0 Å². The van der Waals surface area contributed by atoms with E-state index in [9.17, 15) is 4.79 Å². The molecule has 1 amide bonds. The summed E-state index contributed by atoms with van der Waals surface area (Å²) in [6.45, 7) is 2.73. The number of anilines is 3. The van der Waals surface area contributed by atoms with E-state index < -0.39 is 0 Å². The van der Waals surface area contributed by atoms with Crippen molar-refractivity contribution in [2.45, 2.75) is 13.3 Å². The van der Waals surface area contributed by atoms with Crippen LogP contribution >= 0.6 is 0 Å². The first-order valence-electron chi connectivity index (χ1n) is 8.26. The summed E-state index contributed by atoms with van der Waals surface area (Å²) in [5.74, 6) is 0.501. The van der Waals surface area contributed by atoms with Crippen molar-refractivity contribution in [2.75, 3.05) is 16.8 Å². The monoisotopic (exact) mass is 330 g/mol. The van der Waals surface area contributed by atoms with Gasteiger partial charge in [-0.25, -0.2) is 9.97 Å². The fourth-order valence-corrected chi connectivity index (χ4v) is 2.98. The Balaban J connectivity index is 1.50. The molecule has 0 saturated carbocycles. The second kappa shape index (κ2) is 6.36. The summed E-state index contributed by atoms with van der Waals surface area (Å²) < 4.78 is 0. The third kappa shape index (κ3) is 3.08. The lowest BCUT2D eigenvalue weighted by molar-refractivity contribution is 0.0984. The Bertz CT molecular complexity index is 904. The zero-order valence-corrected chi connectivity index (χ0v) is 13.9. The molecule has 0 unspecified atom stereocenters. The molecule has 1 aliphatic rings. The average molecular weight is 330 g/mol. The number of aromatic nitrogens is 2. The van der Waals surface area contributed by atoms with Crippen LogP contribution in [-0.4, -0.2) is 22.4 Å². The van der Waals surface area contributed by atoms with E-state index in [1.807, 2.05) is 49.4 Å². The smallest absolute Gasteiger partial charge is 0.278 e. The number of rotatable bonds is 3. The van der Waals surface area contributed by atoms with E-state index in [1.165, 1.54) is 17.3 Å². The minimum atomic E-state index is -0.112. The normalized spacial score (nSPS) is 12.8. The van der Waals surface area contributed by atoms with Crippen molar-refractivity contribution < 1.29 is 4.79 Å². The third-order valence-corrected chi connectivity index (χ3v) is 4.33. The van der Waals surface area contributed by atoms with Crippen molar-refractivity contribution in [1.82, 2.24) is 9.97 Å². The molecule has 0 radical (unpaired) electrons. The Hall–Kier alpha value is -3.21. The van der Waals surface area contributed by atoms with Crippen molar-refractivity contribution in [3.63, 3.8) is 0 Å². The van der Waals surface area contributed by atoms with Gasteiger partial charge < -0.3 is 10.2 Å². The predicted molar refractivity (Wildman–Crippen MR) is 98.3 cm³/mol. The van der Waals surface area contributed by atoms with Gasteiger partial charge in [0.2, 0.25) is 0 Å². The Labute approximate surface area is 146 Å². The molecule has 4 rings (SSSR count). The number of benzene rings is 2. The molecule has 0 aliphatic carbocycles. The van der Waals surface area contributed by atoms with Crippen LogP contribution in [0.15, 0.2) is 60.9 Å². The van der Waals surface area contributed by atoms with Crippen LogP contribution in [0.5, 0.6) is 0 Å². The zero-order chi connectivity index (χ0) is 17.2. The number of para-hydroxylation sites is 1. The second-order valence-corrected chi connectivity index (χ2v) is 6.11. The molecule has 0 spiro atoms. The van der Waals surface area contributed by atoms with Gasteiger partial charge in [-0.15, -0.1) is 0 Å². The largest absolute Gasteiger partial charge is 0.339 e. The third-order valence-electron chi connectivity index (χ3n) is 4.33. The van der Waals surface area contributed by atoms with E-state index in [1.54, 1.807) is 11.1 Å². The Morgan fingerprint density at radius 2 is 1.84 bits per heavy atom. The molecule has 0 fully saturated rings. The highest BCUT2D eigenvalue weighted by Crippen LogP contribution is 2.28. The van der Waals surface area contributed by atoms with Gasteiger partial charge in [-0.1, -0.05) is 35.9 Å². The lowest BCUT2D eigenvalue weighted by atomic mass is 10.2. The second-order valence-electron chi connectivity index (χ2n) is 6.11. The van der Waals surface area contributed by atoms with Crippen LogP contribution in [0, 0.1) is 6.92 Å². The van der Waals surface area contributed by atoms with Crippen LogP contribution in [0.4, 0.5) is 17.2 Å². The first kappa shape index (κ1) is 15.3. The lowest BCUT2D eigenvalue weighted by Gasteiger charge is -2.16. The van der Waals surface area contributed by atoms with E-state index in [2.05, 4.69) is 21.4 Å². The maximum atomic E-state index is 12.7. The molecule has 124 valence electrons. The molecule has 2 aromatic carbocycles. The molecular formula is C20H18N4O. The number of nitrogens with zero attached hydrogens (tertiary/aromatic N) is 3. The van der Waals surface area contributed by atoms with Gasteiger partial charge >= 0.3 is 0 Å². The highest BCUT2D eigenvalue weighted by Gasteiger charge is 2.26. The van der Waals surface area contributed by atoms with Crippen molar-refractivity contribution in [3.05, 3.63) is 77.7 Å². The summed E-state index contributed by atoms with van der Waals surface area (Å²) in [7, 11) is 0. The maximum Gasteiger partial charge on any atom is 0.278 e. The highest BCUT2D eigenvalue weighted by molar-refractivity contribution is 6.05. The summed E-state index contributed by atoms with van der Waals surface area (Å²) in [5, 5.41) is 3.18. The number of aryl methyl sites for hydroxylation is 1. The zero-order valence-electron chi connectivity index (χ0n) is 13.9. The Morgan fingerprint density at radius 3 is 2.60 bits per heavy atom. The quantitative estimate of drug-likeness (QED) is 0.795. The fraction of sp³-hybridized carbons (Fsp3) is 0.150. The van der Waals surface area contributed by atoms with Gasteiger partial charge in [0.05, 0.1) is 12.4 Å². The SMILES string of the molecule is Cc1ccc(Nc2cnc(C(=O)N3CCc4ccccc43)cn2)cc1. The molecule has 0 atom stereocenters. The van der Waals surface area contributed by atoms with Crippen molar-refractivity contribution in [2.24, 2.45) is 0 Å². The van der Waals surface area contributed by atoms with Gasteiger partial charge in [-0.05, 0) is 37.1 Å². The fourth-order valence-electron chi connectivity index (χ4n) is 2.98. The van der Waals surface area contributed by atoms with Crippen LogP contribution in [-0.2, 0) is 6.42 Å². The first-order chi connectivity index (χ1) is 12.2. The first-order valence-corrected chi connectivity index (χ1v) is 8.26. The van der Waals surface area contributed by atoms with E-state index in [0.717, 1.165) is 17.8 Å². The number of carbonyl (C=O) groups excluding carboxylic acids is 1. The van der Waals surface area contributed by atoms with Gasteiger partial charge in [0, 0.05) is 17.9 Å². The molecule has 0 bridgehead atoms. The summed E-state index contributed by atoms with van der Waals surface area (Å²) in [5.41, 5.74) is 4.65. The number of fused-ring (bicyclic) bond motifs is 1. The number of nitrogens with one attached hydrogen (secondary N) is 1. The van der Waals surface area contributed by atoms with Crippen LogP contribution < -0.4 is 10.2 Å². The Morgan fingerprint density at radius 1 is 1.04 bits per heavy atom. The average Bonchev–Trinajstić information content (AvgIpc) is 3.08. The molecule has 0 saturated heterocycles. The van der Waals surface area contributed by atoms with E-state index in [0.29, 0.717) is 18.1 Å². The molecule has 2 heterocycles. The molecule has 1 aliphatic heterocycles. The Kier molecular flexibility index (Phi) is 3.90. The number of amides is 1. The summed E-state index contributed by atoms with van der Waals surface area (Å²) in [6, 6.07) is 16.0. The standard InChI is InChI=1S/C20H18N4O/c1-14-6-8-16(9-7-14)23-19-13-21-17(12-22-19)20(25)24-11-10-15-4-2-3-5-18(15)24/h2-9,12-13H,10-11H2,1H3,(H,22,23). The summed E-state index contributed by atoms with van der Waals surface area (Å²) in [6.07, 6.45) is 4.00.